The average Bonchev–Trinajstić information content (AvgIpc) is 3.13. The molecular weight excluding hydrogens is 351 g/mol. The van der Waals surface area contributed by atoms with Gasteiger partial charge < -0.3 is 14.6 Å². The van der Waals surface area contributed by atoms with Crippen LogP contribution in [0.4, 0.5) is 5.69 Å². The Bertz CT molecular complexity index is 746. The standard InChI is InChI=1S/C17H16Cl2N2O3/c18-12-5-1-6-13(15(12)19)20-16(22)11-4-2-8-21(10-11)17(23)14-7-3-9-24-14/h1,3,5-7,9,11H,2,4,8,10H2,(H,20,22)/t11-/m0/s1. The molecule has 0 aliphatic carbocycles. The van der Waals surface area contributed by atoms with Crippen LogP contribution in [0, 0.1) is 5.92 Å². The fraction of sp³-hybridized carbons (Fsp3) is 0.294. The molecule has 1 aliphatic rings. The number of nitrogens with one attached hydrogen (secondary N) is 1. The first-order valence-corrected chi connectivity index (χ1v) is 8.39. The molecule has 24 heavy (non-hydrogen) atoms. The Balaban J connectivity index is 1.67. The van der Waals surface area contributed by atoms with Crippen LogP contribution in [-0.4, -0.2) is 29.8 Å². The molecule has 1 aliphatic heterocycles. The fourth-order valence-corrected chi connectivity index (χ4v) is 3.11. The van der Waals surface area contributed by atoms with Gasteiger partial charge in [0.1, 0.15) is 0 Å². The molecule has 1 aromatic heterocycles. The van der Waals surface area contributed by atoms with Crippen molar-refractivity contribution in [2.75, 3.05) is 18.4 Å². The highest BCUT2D eigenvalue weighted by Crippen LogP contribution is 2.30. The minimum absolute atomic E-state index is 0.170. The lowest BCUT2D eigenvalue weighted by atomic mass is 9.96. The molecular formula is C17H16Cl2N2O3. The van der Waals surface area contributed by atoms with Crippen LogP contribution in [0.5, 0.6) is 0 Å². The monoisotopic (exact) mass is 366 g/mol. The molecule has 1 N–H and O–H groups in total. The number of anilines is 1. The zero-order chi connectivity index (χ0) is 17.1. The van der Waals surface area contributed by atoms with E-state index in [0.29, 0.717) is 35.2 Å². The number of hydrogen-bond donors (Lipinski definition) is 1. The van der Waals surface area contributed by atoms with Gasteiger partial charge in [0, 0.05) is 13.1 Å². The highest BCUT2D eigenvalue weighted by molar-refractivity contribution is 6.44. The first-order chi connectivity index (χ1) is 11.6. The Morgan fingerprint density at radius 2 is 2.04 bits per heavy atom. The van der Waals surface area contributed by atoms with Gasteiger partial charge in [0.05, 0.1) is 27.9 Å². The molecule has 1 atom stereocenters. The van der Waals surface area contributed by atoms with E-state index in [4.69, 9.17) is 27.6 Å². The molecule has 3 rings (SSSR count). The summed E-state index contributed by atoms with van der Waals surface area (Å²) in [5.41, 5.74) is 0.476. The first-order valence-electron chi connectivity index (χ1n) is 7.64. The summed E-state index contributed by atoms with van der Waals surface area (Å²) in [5.74, 6) is -0.379. The van der Waals surface area contributed by atoms with E-state index in [1.165, 1.54) is 6.26 Å². The van der Waals surface area contributed by atoms with Crippen molar-refractivity contribution < 1.29 is 14.0 Å². The van der Waals surface area contributed by atoms with Gasteiger partial charge in [-0.1, -0.05) is 29.3 Å². The molecule has 1 saturated heterocycles. The number of carbonyl (C=O) groups excluding carboxylic acids is 2. The molecule has 0 saturated carbocycles. The zero-order valence-electron chi connectivity index (χ0n) is 12.8. The Labute approximate surface area is 149 Å². The second kappa shape index (κ2) is 7.28. The summed E-state index contributed by atoms with van der Waals surface area (Å²) in [4.78, 5) is 26.5. The van der Waals surface area contributed by atoms with Crippen molar-refractivity contribution in [2.45, 2.75) is 12.8 Å². The van der Waals surface area contributed by atoms with Gasteiger partial charge in [-0.25, -0.2) is 0 Å². The molecule has 1 aromatic carbocycles. The summed E-state index contributed by atoms with van der Waals surface area (Å²) in [5, 5.41) is 3.49. The van der Waals surface area contributed by atoms with E-state index in [0.717, 1.165) is 6.42 Å². The topological polar surface area (TPSA) is 62.6 Å². The summed E-state index contributed by atoms with van der Waals surface area (Å²) in [6, 6.07) is 8.36. The average molecular weight is 367 g/mol. The van der Waals surface area contributed by atoms with Crippen molar-refractivity contribution in [3.63, 3.8) is 0 Å². The van der Waals surface area contributed by atoms with E-state index in [-0.39, 0.29) is 23.5 Å². The van der Waals surface area contributed by atoms with Gasteiger partial charge in [0.25, 0.3) is 5.91 Å². The van der Waals surface area contributed by atoms with E-state index < -0.39 is 0 Å². The van der Waals surface area contributed by atoms with Crippen LogP contribution in [-0.2, 0) is 4.79 Å². The maximum atomic E-state index is 12.5. The number of hydrogen-bond acceptors (Lipinski definition) is 3. The van der Waals surface area contributed by atoms with Crippen molar-refractivity contribution in [3.8, 4) is 0 Å². The number of rotatable bonds is 3. The number of likely N-dealkylation sites (tertiary alicyclic amines) is 1. The predicted octanol–water partition coefficient (Wildman–Crippen LogP) is 4.08. The summed E-state index contributed by atoms with van der Waals surface area (Å²) in [6.45, 7) is 0.963. The number of carbonyl (C=O) groups is 2. The van der Waals surface area contributed by atoms with E-state index in [1.807, 2.05) is 0 Å². The lowest BCUT2D eigenvalue weighted by Gasteiger charge is -2.31. The Kier molecular flexibility index (Phi) is 5.11. The van der Waals surface area contributed by atoms with Crippen LogP contribution in [0.2, 0.25) is 10.0 Å². The Morgan fingerprint density at radius 3 is 2.79 bits per heavy atom. The van der Waals surface area contributed by atoms with Gasteiger partial charge in [-0.2, -0.15) is 0 Å². The summed E-state index contributed by atoms with van der Waals surface area (Å²) in [7, 11) is 0. The van der Waals surface area contributed by atoms with Gasteiger partial charge in [-0.05, 0) is 37.1 Å². The summed E-state index contributed by atoms with van der Waals surface area (Å²) in [6.07, 6.45) is 2.93. The molecule has 2 aromatic rings. The van der Waals surface area contributed by atoms with Gasteiger partial charge in [-0.3, -0.25) is 9.59 Å². The van der Waals surface area contributed by atoms with Crippen LogP contribution < -0.4 is 5.32 Å². The maximum Gasteiger partial charge on any atom is 0.289 e. The number of nitrogens with zero attached hydrogens (tertiary/aromatic N) is 1. The molecule has 0 bridgehead atoms. The molecule has 2 heterocycles. The molecule has 126 valence electrons. The second-order valence-corrected chi connectivity index (χ2v) is 6.44. The van der Waals surface area contributed by atoms with Crippen molar-refractivity contribution in [1.29, 1.82) is 0 Å². The maximum absolute atomic E-state index is 12.5. The smallest absolute Gasteiger partial charge is 0.289 e. The molecule has 1 fully saturated rings. The number of furan rings is 1. The number of amides is 2. The number of piperidine rings is 1. The van der Waals surface area contributed by atoms with Crippen LogP contribution >= 0.6 is 23.2 Å². The minimum Gasteiger partial charge on any atom is -0.459 e. The van der Waals surface area contributed by atoms with Crippen molar-refractivity contribution in [2.24, 2.45) is 5.92 Å². The van der Waals surface area contributed by atoms with Gasteiger partial charge in [-0.15, -0.1) is 0 Å². The molecule has 7 heteroatoms. The predicted molar refractivity (Wildman–Crippen MR) is 92.4 cm³/mol. The molecule has 0 radical (unpaired) electrons. The molecule has 5 nitrogen and oxygen atoms in total. The van der Waals surface area contributed by atoms with E-state index in [9.17, 15) is 9.59 Å². The Hall–Kier alpha value is -1.98. The van der Waals surface area contributed by atoms with Gasteiger partial charge in [0.15, 0.2) is 5.76 Å². The normalized spacial score (nSPS) is 17.6. The van der Waals surface area contributed by atoms with E-state index >= 15 is 0 Å². The van der Waals surface area contributed by atoms with Crippen molar-refractivity contribution >= 4 is 40.7 Å². The van der Waals surface area contributed by atoms with Crippen LogP contribution in [0.3, 0.4) is 0 Å². The number of benzene rings is 1. The zero-order valence-corrected chi connectivity index (χ0v) is 14.3. The van der Waals surface area contributed by atoms with Crippen LogP contribution in [0.1, 0.15) is 23.4 Å². The Morgan fingerprint density at radius 1 is 1.21 bits per heavy atom. The van der Waals surface area contributed by atoms with Crippen molar-refractivity contribution in [1.82, 2.24) is 4.90 Å². The summed E-state index contributed by atoms with van der Waals surface area (Å²) >= 11 is 12.1. The quantitative estimate of drug-likeness (QED) is 0.889. The van der Waals surface area contributed by atoms with E-state index in [2.05, 4.69) is 5.32 Å². The third-order valence-corrected chi connectivity index (χ3v) is 4.84. The van der Waals surface area contributed by atoms with Crippen LogP contribution in [0.15, 0.2) is 41.0 Å². The minimum atomic E-state index is -0.298. The lowest BCUT2D eigenvalue weighted by molar-refractivity contribution is -0.121. The lowest BCUT2D eigenvalue weighted by Crippen LogP contribution is -2.43. The highest BCUT2D eigenvalue weighted by atomic mass is 35.5. The third-order valence-electron chi connectivity index (χ3n) is 4.02. The van der Waals surface area contributed by atoms with Gasteiger partial charge >= 0.3 is 0 Å². The van der Waals surface area contributed by atoms with E-state index in [1.54, 1.807) is 35.2 Å². The fourth-order valence-electron chi connectivity index (χ4n) is 2.77. The van der Waals surface area contributed by atoms with Gasteiger partial charge in [0.2, 0.25) is 5.91 Å². The molecule has 0 unspecified atom stereocenters. The number of halogens is 2. The third kappa shape index (κ3) is 3.57. The molecule has 0 spiro atoms. The van der Waals surface area contributed by atoms with Crippen molar-refractivity contribution in [3.05, 3.63) is 52.4 Å². The first kappa shape index (κ1) is 16.9. The largest absolute Gasteiger partial charge is 0.459 e. The van der Waals surface area contributed by atoms with Crippen LogP contribution in [0.25, 0.3) is 0 Å². The summed E-state index contributed by atoms with van der Waals surface area (Å²) < 4.78 is 5.14. The molecule has 2 amide bonds. The second-order valence-electron chi connectivity index (χ2n) is 5.66. The SMILES string of the molecule is O=C(Nc1cccc(Cl)c1Cl)[C@H]1CCCN(C(=O)c2ccco2)C1. The highest BCUT2D eigenvalue weighted by Gasteiger charge is 2.30.